The Morgan fingerprint density at radius 3 is 2.52 bits per heavy atom. The normalized spacial score (nSPS) is 34.9. The second kappa shape index (κ2) is 5.33. The molecule has 2 saturated carbocycles. The first-order valence-corrected chi connectivity index (χ1v) is 8.66. The second-order valence-corrected chi connectivity index (χ2v) is 7.96. The molecule has 0 heterocycles. The summed E-state index contributed by atoms with van der Waals surface area (Å²) in [4.78, 5) is 23.7. The molecule has 0 saturated heterocycles. The van der Waals surface area contributed by atoms with Crippen molar-refractivity contribution in [2.75, 3.05) is 11.9 Å². The minimum Gasteiger partial charge on any atom is -0.487 e. The van der Waals surface area contributed by atoms with E-state index in [1.807, 2.05) is 6.92 Å². The van der Waals surface area contributed by atoms with Crippen molar-refractivity contribution in [2.24, 2.45) is 16.7 Å². The zero-order chi connectivity index (χ0) is 17.0. The molecule has 2 fully saturated rings. The molecule has 0 spiro atoms. The first-order valence-electron chi connectivity index (χ1n) is 8.66. The number of ether oxygens (including phenoxy) is 1. The van der Waals surface area contributed by atoms with Gasteiger partial charge in [-0.05, 0) is 30.6 Å². The number of aliphatic hydroxyl groups excluding tert-OH is 1. The highest BCUT2D eigenvalue weighted by Crippen LogP contribution is 2.65. The van der Waals surface area contributed by atoms with Crippen LogP contribution < -0.4 is 20.9 Å². The third-order valence-corrected chi connectivity index (χ3v) is 6.72. The Morgan fingerprint density at radius 1 is 1.26 bits per heavy atom. The van der Waals surface area contributed by atoms with Gasteiger partial charge in [0.1, 0.15) is 5.69 Å². The predicted molar refractivity (Wildman–Crippen MR) is 89.8 cm³/mol. The van der Waals surface area contributed by atoms with Crippen molar-refractivity contribution in [3.8, 4) is 5.75 Å². The van der Waals surface area contributed by atoms with Crippen LogP contribution >= 0.6 is 0 Å². The minimum atomic E-state index is -0.549. The van der Waals surface area contributed by atoms with Gasteiger partial charge in [-0.2, -0.15) is 0 Å². The summed E-state index contributed by atoms with van der Waals surface area (Å²) in [5.74, 6) is 0.441. The van der Waals surface area contributed by atoms with Gasteiger partial charge < -0.3 is 15.2 Å². The molecule has 5 heteroatoms. The molecular weight excluding hydrogens is 294 g/mol. The Morgan fingerprint density at radius 2 is 1.96 bits per heavy atom. The average Bonchev–Trinajstić information content (AvgIpc) is 2.83. The van der Waals surface area contributed by atoms with Crippen molar-refractivity contribution in [3.63, 3.8) is 0 Å². The lowest BCUT2D eigenvalue weighted by molar-refractivity contribution is 0.00842. The number of fused-ring (bicyclic) bond motifs is 2. The van der Waals surface area contributed by atoms with Crippen molar-refractivity contribution in [1.29, 1.82) is 0 Å². The van der Waals surface area contributed by atoms with Gasteiger partial charge >= 0.3 is 0 Å². The molecule has 5 nitrogen and oxygen atoms in total. The van der Waals surface area contributed by atoms with Crippen molar-refractivity contribution in [1.82, 2.24) is 0 Å². The maximum atomic E-state index is 11.9. The number of nitrogens with one attached hydrogen (secondary N) is 1. The van der Waals surface area contributed by atoms with Gasteiger partial charge in [0, 0.05) is 5.41 Å². The van der Waals surface area contributed by atoms with E-state index in [4.69, 9.17) is 4.74 Å². The van der Waals surface area contributed by atoms with Crippen LogP contribution in [0.5, 0.6) is 5.75 Å². The van der Waals surface area contributed by atoms with E-state index in [2.05, 4.69) is 26.1 Å². The van der Waals surface area contributed by atoms with E-state index in [1.54, 1.807) is 0 Å². The monoisotopic (exact) mass is 321 g/mol. The molecule has 2 aliphatic rings. The molecule has 1 aromatic carbocycles. The molecule has 0 unspecified atom stereocenters. The number of unbranched alkanes of at least 4 members (excludes halogenated alkanes) is 1. The van der Waals surface area contributed by atoms with Gasteiger partial charge in [0.25, 0.3) is 10.9 Å². The molecule has 0 aliphatic heterocycles. The Kier molecular flexibility index (Phi) is 3.82. The van der Waals surface area contributed by atoms with Crippen LogP contribution in [-0.4, -0.2) is 23.9 Å². The third kappa shape index (κ3) is 2.09. The minimum absolute atomic E-state index is 0.00464. The first-order chi connectivity index (χ1) is 10.8. The number of rotatable bonds is 6. The fourth-order valence-corrected chi connectivity index (χ4v) is 4.64. The third-order valence-electron chi connectivity index (χ3n) is 6.72. The van der Waals surface area contributed by atoms with Gasteiger partial charge in [-0.25, -0.2) is 0 Å². The fourth-order valence-electron chi connectivity index (χ4n) is 4.64. The summed E-state index contributed by atoms with van der Waals surface area (Å²) < 4.78 is 5.48. The molecule has 23 heavy (non-hydrogen) atoms. The lowest BCUT2D eigenvalue weighted by Crippen LogP contribution is -2.46. The second-order valence-electron chi connectivity index (χ2n) is 7.96. The molecule has 2 aliphatic carbocycles. The summed E-state index contributed by atoms with van der Waals surface area (Å²) >= 11 is 0. The van der Waals surface area contributed by atoms with Gasteiger partial charge in [0.05, 0.1) is 18.8 Å². The number of hydrogen-bond acceptors (Lipinski definition) is 5. The highest BCUT2D eigenvalue weighted by molar-refractivity contribution is 5.63. The summed E-state index contributed by atoms with van der Waals surface area (Å²) in [5, 5.41) is 13.9. The summed E-state index contributed by atoms with van der Waals surface area (Å²) in [5.41, 5.74) is -0.955. The van der Waals surface area contributed by atoms with Crippen molar-refractivity contribution < 1.29 is 9.84 Å². The smallest absolute Gasteiger partial charge is 0.272 e. The molecule has 0 aromatic heterocycles. The van der Waals surface area contributed by atoms with E-state index < -0.39 is 17.0 Å². The zero-order valence-electron chi connectivity index (χ0n) is 14.4. The molecule has 2 bridgehead atoms. The summed E-state index contributed by atoms with van der Waals surface area (Å²) in [6.07, 6.45) is 3.31. The van der Waals surface area contributed by atoms with E-state index in [1.165, 1.54) is 0 Å². The molecule has 1 aromatic rings. The van der Waals surface area contributed by atoms with Crippen LogP contribution in [0.3, 0.4) is 0 Å². The van der Waals surface area contributed by atoms with Gasteiger partial charge in [0.2, 0.25) is 0 Å². The lowest BCUT2D eigenvalue weighted by Gasteiger charge is -2.37. The van der Waals surface area contributed by atoms with Crippen LogP contribution in [0.2, 0.25) is 0 Å². The SMILES string of the molecule is CCCCOc1c(N[C@H]2[C@H]3CC[C@@](C)([C@H]2O)C3(C)C)c(=O)c1=O. The molecule has 128 valence electrons. The average molecular weight is 321 g/mol. The molecule has 0 radical (unpaired) electrons. The zero-order valence-corrected chi connectivity index (χ0v) is 14.4. The van der Waals surface area contributed by atoms with Gasteiger partial charge in [-0.3, -0.25) is 9.59 Å². The topological polar surface area (TPSA) is 75.6 Å². The standard InChI is InChI=1S/C18H27NO4/c1-5-6-9-23-15-12(13(20)14(15)21)19-11-10-7-8-18(4,16(11)22)17(10,2)3/h10-11,16,19,22H,5-9H2,1-4H3/t10-,11+,16+,18+/m1/s1. The first kappa shape index (κ1) is 16.5. The lowest BCUT2D eigenvalue weighted by atomic mass is 9.70. The Balaban J connectivity index is 1.80. The van der Waals surface area contributed by atoms with Crippen LogP contribution in [0.25, 0.3) is 0 Å². The van der Waals surface area contributed by atoms with Crippen LogP contribution in [0.1, 0.15) is 53.4 Å². The number of anilines is 1. The Labute approximate surface area is 136 Å². The van der Waals surface area contributed by atoms with Gasteiger partial charge in [-0.1, -0.05) is 34.1 Å². The van der Waals surface area contributed by atoms with E-state index >= 15 is 0 Å². The fraction of sp³-hybridized carbons (Fsp3) is 0.778. The van der Waals surface area contributed by atoms with Crippen LogP contribution in [0, 0.1) is 16.7 Å². The molecule has 4 atom stereocenters. The number of hydrogen-bond donors (Lipinski definition) is 2. The van der Waals surface area contributed by atoms with E-state index in [0.29, 0.717) is 6.61 Å². The molecular formula is C18H27NO4. The van der Waals surface area contributed by atoms with Gasteiger partial charge in [-0.15, -0.1) is 0 Å². The van der Waals surface area contributed by atoms with E-state index in [-0.39, 0.29) is 34.2 Å². The summed E-state index contributed by atoms with van der Waals surface area (Å²) in [7, 11) is 0. The predicted octanol–water partition coefficient (Wildman–Crippen LogP) is 2.06. The molecule has 0 amide bonds. The highest BCUT2D eigenvalue weighted by Gasteiger charge is 2.66. The Hall–Kier alpha value is -1.36. The highest BCUT2D eigenvalue weighted by atomic mass is 16.5. The van der Waals surface area contributed by atoms with Crippen LogP contribution in [0.15, 0.2) is 9.59 Å². The largest absolute Gasteiger partial charge is 0.487 e. The maximum Gasteiger partial charge on any atom is 0.272 e. The number of aliphatic hydroxyl groups is 1. The van der Waals surface area contributed by atoms with E-state index in [9.17, 15) is 14.7 Å². The van der Waals surface area contributed by atoms with Crippen molar-refractivity contribution in [3.05, 3.63) is 20.4 Å². The van der Waals surface area contributed by atoms with Gasteiger partial charge in [0.15, 0.2) is 5.75 Å². The molecule has 2 N–H and O–H groups in total. The quantitative estimate of drug-likeness (QED) is 0.619. The van der Waals surface area contributed by atoms with Crippen molar-refractivity contribution >= 4 is 5.69 Å². The summed E-state index contributed by atoms with van der Waals surface area (Å²) in [6, 6.07) is -0.194. The molecule has 3 rings (SSSR count). The van der Waals surface area contributed by atoms with E-state index in [0.717, 1.165) is 25.7 Å². The van der Waals surface area contributed by atoms with Crippen molar-refractivity contribution in [2.45, 2.75) is 65.5 Å². The Bertz CT molecular complexity index is 673. The summed E-state index contributed by atoms with van der Waals surface area (Å²) in [6.45, 7) is 8.99. The maximum absolute atomic E-state index is 11.9. The van der Waals surface area contributed by atoms with Crippen LogP contribution in [0.4, 0.5) is 5.69 Å². The van der Waals surface area contributed by atoms with Crippen LogP contribution in [-0.2, 0) is 0 Å².